The van der Waals surface area contributed by atoms with E-state index in [1.807, 2.05) is 0 Å². The Morgan fingerprint density at radius 2 is 2.14 bits per heavy atom. The van der Waals surface area contributed by atoms with Gasteiger partial charge in [0.15, 0.2) is 0 Å². The van der Waals surface area contributed by atoms with Crippen molar-refractivity contribution in [3.05, 3.63) is 33.9 Å². The maximum Gasteiger partial charge on any atom is 0.305 e. The zero-order valence-corrected chi connectivity index (χ0v) is 12.1. The predicted octanol–water partition coefficient (Wildman–Crippen LogP) is 1.72. The Morgan fingerprint density at radius 1 is 1.45 bits per heavy atom. The molecule has 1 aliphatic rings. The smallest absolute Gasteiger partial charge is 0.305 e. The molecular formula is C14H17N3O5. The second-order valence-electron chi connectivity index (χ2n) is 5.28. The van der Waals surface area contributed by atoms with Crippen LogP contribution in [0.5, 0.6) is 0 Å². The van der Waals surface area contributed by atoms with Gasteiger partial charge in [-0.1, -0.05) is 0 Å². The number of hydrogen-bond donors (Lipinski definition) is 2. The highest BCUT2D eigenvalue weighted by Crippen LogP contribution is 2.31. The van der Waals surface area contributed by atoms with Gasteiger partial charge in [-0.2, -0.15) is 0 Å². The summed E-state index contributed by atoms with van der Waals surface area (Å²) in [5.41, 5.74) is 0.419. The normalized spacial score (nSPS) is 13.5. The molecule has 0 heterocycles. The van der Waals surface area contributed by atoms with Gasteiger partial charge >= 0.3 is 5.97 Å². The third-order valence-corrected chi connectivity index (χ3v) is 3.39. The fraction of sp³-hybridized carbons (Fsp3) is 0.429. The van der Waals surface area contributed by atoms with Crippen LogP contribution in [0.15, 0.2) is 18.2 Å². The summed E-state index contributed by atoms with van der Waals surface area (Å²) >= 11 is 0. The van der Waals surface area contributed by atoms with Crippen LogP contribution in [0.2, 0.25) is 0 Å². The average Bonchev–Trinajstić information content (AvgIpc) is 3.28. The SMILES string of the molecule is CN(CCC(=O)O)C(=O)c1ccc(NC2CC2)c([N+](=O)[O-])c1. The minimum absolute atomic E-state index is 0.0457. The molecule has 8 nitrogen and oxygen atoms in total. The maximum absolute atomic E-state index is 12.2. The lowest BCUT2D eigenvalue weighted by molar-refractivity contribution is -0.384. The summed E-state index contributed by atoms with van der Waals surface area (Å²) in [6, 6.07) is 4.52. The zero-order valence-electron chi connectivity index (χ0n) is 12.1. The van der Waals surface area contributed by atoms with E-state index in [1.165, 1.54) is 30.1 Å². The number of hydrogen-bond acceptors (Lipinski definition) is 5. The Hall–Kier alpha value is -2.64. The summed E-state index contributed by atoms with van der Waals surface area (Å²) in [6.07, 6.45) is 1.79. The van der Waals surface area contributed by atoms with Gasteiger partial charge in [0.05, 0.1) is 11.3 Å². The molecule has 8 heteroatoms. The lowest BCUT2D eigenvalue weighted by atomic mass is 10.1. The first-order valence-electron chi connectivity index (χ1n) is 6.90. The highest BCUT2D eigenvalue weighted by molar-refractivity contribution is 5.95. The van der Waals surface area contributed by atoms with Gasteiger partial charge in [-0.05, 0) is 25.0 Å². The summed E-state index contributed by atoms with van der Waals surface area (Å²) in [6.45, 7) is 0.0457. The molecule has 1 aliphatic carbocycles. The van der Waals surface area contributed by atoms with Crippen LogP contribution in [0.25, 0.3) is 0 Å². The van der Waals surface area contributed by atoms with E-state index >= 15 is 0 Å². The number of nitrogens with one attached hydrogen (secondary N) is 1. The molecular weight excluding hydrogens is 290 g/mol. The number of amides is 1. The van der Waals surface area contributed by atoms with E-state index in [0.717, 1.165) is 12.8 Å². The number of benzene rings is 1. The Labute approximate surface area is 126 Å². The van der Waals surface area contributed by atoms with Crippen LogP contribution in [0.3, 0.4) is 0 Å². The van der Waals surface area contributed by atoms with Crippen LogP contribution in [0.4, 0.5) is 11.4 Å². The summed E-state index contributed by atoms with van der Waals surface area (Å²) in [5.74, 6) is -1.45. The van der Waals surface area contributed by atoms with Crippen LogP contribution in [0, 0.1) is 10.1 Å². The molecule has 1 saturated carbocycles. The Kier molecular flexibility index (Phi) is 4.59. The van der Waals surface area contributed by atoms with E-state index < -0.39 is 16.8 Å². The summed E-state index contributed by atoms with van der Waals surface area (Å²) in [5, 5.41) is 22.8. The molecule has 22 heavy (non-hydrogen) atoms. The summed E-state index contributed by atoms with van der Waals surface area (Å²) in [4.78, 5) is 34.5. The standard InChI is InChI=1S/C14H17N3O5/c1-16(7-6-13(18)19)14(20)9-2-5-11(15-10-3-4-10)12(8-9)17(21)22/h2,5,8,10,15H,3-4,6-7H2,1H3,(H,18,19). The van der Waals surface area contributed by atoms with Crippen LogP contribution in [-0.4, -0.2) is 46.4 Å². The Balaban J connectivity index is 2.16. The van der Waals surface area contributed by atoms with Crippen molar-refractivity contribution in [3.8, 4) is 0 Å². The number of carbonyl (C=O) groups is 2. The zero-order chi connectivity index (χ0) is 16.3. The molecule has 2 N–H and O–H groups in total. The van der Waals surface area contributed by atoms with Gasteiger partial charge in [-0.25, -0.2) is 0 Å². The third-order valence-electron chi connectivity index (χ3n) is 3.39. The number of rotatable bonds is 7. The van der Waals surface area contributed by atoms with Gasteiger partial charge in [-0.15, -0.1) is 0 Å². The topological polar surface area (TPSA) is 113 Å². The van der Waals surface area contributed by atoms with E-state index in [9.17, 15) is 19.7 Å². The number of carboxylic acid groups (broad SMARTS) is 1. The largest absolute Gasteiger partial charge is 0.481 e. The van der Waals surface area contributed by atoms with E-state index in [4.69, 9.17) is 5.11 Å². The van der Waals surface area contributed by atoms with Crippen LogP contribution in [-0.2, 0) is 4.79 Å². The number of nitro benzene ring substituents is 1. The molecule has 0 bridgehead atoms. The number of aliphatic carboxylic acids is 1. The number of nitrogens with zero attached hydrogens (tertiary/aromatic N) is 2. The second kappa shape index (κ2) is 6.42. The quantitative estimate of drug-likeness (QED) is 0.585. The molecule has 0 spiro atoms. The summed E-state index contributed by atoms with van der Waals surface area (Å²) < 4.78 is 0. The molecule has 0 atom stereocenters. The number of nitro groups is 1. The summed E-state index contributed by atoms with van der Waals surface area (Å²) in [7, 11) is 1.47. The van der Waals surface area contributed by atoms with Crippen molar-refractivity contribution in [3.63, 3.8) is 0 Å². The predicted molar refractivity (Wildman–Crippen MR) is 79.0 cm³/mol. The lowest BCUT2D eigenvalue weighted by Crippen LogP contribution is -2.29. The first kappa shape index (κ1) is 15.7. The molecule has 0 unspecified atom stereocenters. The highest BCUT2D eigenvalue weighted by atomic mass is 16.6. The van der Waals surface area contributed by atoms with E-state index in [-0.39, 0.29) is 30.3 Å². The highest BCUT2D eigenvalue weighted by Gasteiger charge is 2.26. The molecule has 0 radical (unpaired) electrons. The van der Waals surface area contributed by atoms with Gasteiger partial charge in [-0.3, -0.25) is 19.7 Å². The monoisotopic (exact) mass is 307 g/mol. The van der Waals surface area contributed by atoms with Crippen molar-refractivity contribution < 1.29 is 19.6 Å². The van der Waals surface area contributed by atoms with Crippen LogP contribution in [0.1, 0.15) is 29.6 Å². The molecule has 1 aromatic rings. The van der Waals surface area contributed by atoms with Crippen molar-refractivity contribution in [2.45, 2.75) is 25.3 Å². The molecule has 2 rings (SSSR count). The van der Waals surface area contributed by atoms with Gasteiger partial charge in [0, 0.05) is 31.3 Å². The number of anilines is 1. The van der Waals surface area contributed by atoms with Crippen molar-refractivity contribution in [1.29, 1.82) is 0 Å². The van der Waals surface area contributed by atoms with Gasteiger partial charge in [0.25, 0.3) is 11.6 Å². The second-order valence-corrected chi connectivity index (χ2v) is 5.28. The van der Waals surface area contributed by atoms with E-state index in [2.05, 4.69) is 5.32 Å². The van der Waals surface area contributed by atoms with Crippen LogP contribution < -0.4 is 5.32 Å². The molecule has 0 saturated heterocycles. The molecule has 1 aromatic carbocycles. The minimum Gasteiger partial charge on any atom is -0.481 e. The fourth-order valence-electron chi connectivity index (χ4n) is 1.97. The van der Waals surface area contributed by atoms with E-state index in [1.54, 1.807) is 0 Å². The Morgan fingerprint density at radius 3 is 2.68 bits per heavy atom. The van der Waals surface area contributed by atoms with Crippen molar-refractivity contribution in [1.82, 2.24) is 4.90 Å². The van der Waals surface area contributed by atoms with Crippen molar-refractivity contribution in [2.75, 3.05) is 18.9 Å². The van der Waals surface area contributed by atoms with Gasteiger partial charge < -0.3 is 15.3 Å². The molecule has 0 aromatic heterocycles. The molecule has 1 amide bonds. The lowest BCUT2D eigenvalue weighted by Gasteiger charge is -2.16. The number of carboxylic acids is 1. The number of carbonyl (C=O) groups excluding carboxylic acids is 1. The molecule has 118 valence electrons. The Bertz CT molecular complexity index is 612. The minimum atomic E-state index is -1.00. The van der Waals surface area contributed by atoms with Gasteiger partial charge in [0.1, 0.15) is 5.69 Å². The maximum atomic E-state index is 12.2. The molecule has 1 fully saturated rings. The average molecular weight is 307 g/mol. The first-order chi connectivity index (χ1) is 10.4. The van der Waals surface area contributed by atoms with Gasteiger partial charge in [0.2, 0.25) is 0 Å². The van der Waals surface area contributed by atoms with Crippen molar-refractivity contribution in [2.24, 2.45) is 0 Å². The first-order valence-corrected chi connectivity index (χ1v) is 6.90. The van der Waals surface area contributed by atoms with Crippen LogP contribution >= 0.6 is 0 Å². The fourth-order valence-corrected chi connectivity index (χ4v) is 1.97. The molecule has 0 aliphatic heterocycles. The van der Waals surface area contributed by atoms with E-state index in [0.29, 0.717) is 5.69 Å². The van der Waals surface area contributed by atoms with Crippen molar-refractivity contribution >= 4 is 23.3 Å². The third kappa shape index (κ3) is 3.94.